The Balaban J connectivity index is 0.000000106. The van der Waals surface area contributed by atoms with Gasteiger partial charge < -0.3 is 18.3 Å². The second-order valence-corrected chi connectivity index (χ2v) is 38.3. The molecule has 0 aliphatic rings. The highest BCUT2D eigenvalue weighted by molar-refractivity contribution is 6.31. The second kappa shape index (κ2) is 35.9. The van der Waals surface area contributed by atoms with Crippen LogP contribution in [0.3, 0.4) is 0 Å². The quantitative estimate of drug-likeness (QED) is 0.114. The summed E-state index contributed by atoms with van der Waals surface area (Å²) in [5.74, 6) is 2.48. The molecule has 0 N–H and O–H groups in total. The fourth-order valence-corrected chi connectivity index (χ4v) is 23.0. The lowest BCUT2D eigenvalue weighted by Gasteiger charge is -2.14. The van der Waals surface area contributed by atoms with Gasteiger partial charge in [0.25, 0.3) is 0 Å². The van der Waals surface area contributed by atoms with E-state index in [-0.39, 0.29) is 0 Å². The van der Waals surface area contributed by atoms with E-state index in [4.69, 9.17) is 29.9 Å². The molecule has 0 amide bonds. The van der Waals surface area contributed by atoms with E-state index in [1.54, 1.807) is 0 Å². The van der Waals surface area contributed by atoms with E-state index in [1.807, 2.05) is 48.5 Å². The van der Waals surface area contributed by atoms with Gasteiger partial charge in [0.15, 0.2) is 11.6 Å². The van der Waals surface area contributed by atoms with E-state index in [2.05, 4.69) is 513 Å². The van der Waals surface area contributed by atoms with Crippen LogP contribution >= 0.6 is 0 Å². The number of pyridine rings is 1. The lowest BCUT2D eigenvalue weighted by molar-refractivity contribution is 0.953. The van der Waals surface area contributed by atoms with Gasteiger partial charge in [-0.25, -0.2) is 19.9 Å². The summed E-state index contributed by atoms with van der Waals surface area (Å²) < 4.78 is 14.2. The van der Waals surface area contributed by atoms with Gasteiger partial charge in [-0.1, -0.05) is 419 Å². The number of nitrogens with zero attached hydrogens (tertiary/aromatic N) is 12. The van der Waals surface area contributed by atoms with E-state index in [1.165, 1.54) is 120 Å². The lowest BCUT2D eigenvalue weighted by atomic mass is 10.0. The zero-order valence-corrected chi connectivity index (χ0v) is 81.2. The number of aromatic nitrogens is 12. The summed E-state index contributed by atoms with van der Waals surface area (Å²) in [6.07, 6.45) is 0. The lowest BCUT2D eigenvalue weighted by Crippen LogP contribution is -2.07. The Morgan fingerprint density at radius 1 is 0.127 bits per heavy atom. The Bertz CT molecular complexity index is 10600. The van der Waals surface area contributed by atoms with Gasteiger partial charge in [0.2, 0.25) is 11.9 Å². The highest BCUT2D eigenvalue weighted by atomic mass is 15.2. The normalized spacial score (nSPS) is 11.7. The van der Waals surface area contributed by atoms with Crippen molar-refractivity contribution in [2.24, 2.45) is 0 Å². The summed E-state index contributed by atoms with van der Waals surface area (Å²) in [4.78, 5) is 31.2. The molecule has 0 saturated carbocycles. The van der Waals surface area contributed by atoms with Crippen LogP contribution in [-0.4, -0.2) is 57.3 Å². The van der Waals surface area contributed by atoms with Crippen LogP contribution in [-0.2, 0) is 0 Å². The Morgan fingerprint density at radius 2 is 0.473 bits per heavy atom. The van der Waals surface area contributed by atoms with Gasteiger partial charge in [0.05, 0.1) is 94.7 Å². The number of hydrogen-bond acceptors (Lipinski definition) is 6. The van der Waals surface area contributed by atoms with Crippen molar-refractivity contribution in [1.29, 1.82) is 0 Å². The zero-order valence-electron chi connectivity index (χ0n) is 81.2. The molecular weight excluding hydrogens is 1830 g/mol. The maximum Gasteiger partial charge on any atom is 0.238 e. The number of benzene rings is 22. The van der Waals surface area contributed by atoms with Crippen LogP contribution in [0.25, 0.3) is 277 Å². The molecule has 22 aromatic carbocycles. The molecule has 9 aromatic heterocycles. The molecular formula is C138H88N12. The number of hydrogen-bond donors (Lipinski definition) is 0. The maximum absolute atomic E-state index is 5.30. The van der Waals surface area contributed by atoms with E-state index in [9.17, 15) is 0 Å². The van der Waals surface area contributed by atoms with Crippen LogP contribution in [0.2, 0.25) is 0 Å². The third-order valence-electron chi connectivity index (χ3n) is 29.7. The van der Waals surface area contributed by atoms with Crippen molar-refractivity contribution in [3.05, 3.63) is 534 Å². The summed E-state index contributed by atoms with van der Waals surface area (Å²) in [7, 11) is 0. The van der Waals surface area contributed by atoms with Gasteiger partial charge in [-0.15, -0.1) is 0 Å². The van der Waals surface area contributed by atoms with E-state index < -0.39 is 0 Å². The standard InChI is InChI=1S/C50H32N4.C45H29N3.C43H27N5/c1-4-15-33(16-5-1)36-23-14-24-39(29-36)53-47-31-38-22-11-10-21-37(38)30-42(47)40-27-28-46-48(49(40)53)41-25-12-13-26-45(41)54(46)50-51-43(34-17-6-2-7-18-34)32-44(52-50)35-19-8-3-9-20-35;1-4-15-31(16-5-1)39-26-34(27-40(46-39)32-17-6-2-7-18-32)48-42-25-24-30-14-10-11-21-35(30)45(42)38-28-37-36-22-12-13-23-41(36)47(43(37)29-44(38)48)33-19-8-3-9-20-33;1-4-15-29(16-5-1)41-44-42(30-17-6-2-7-18-30)46-43(45-41)48-36-23-13-12-22-33(36)34-25-26-35-38-32-21-11-10-14-28(32)24-27-37(38)47(40(35)39(34)48)31-19-8-3-9-20-31/h1-32H;1-29H;1-27H. The average Bonchev–Trinajstić information content (AvgIpc) is 1.54. The minimum absolute atomic E-state index is 0.580. The van der Waals surface area contributed by atoms with E-state index in [0.29, 0.717) is 23.5 Å². The number of rotatable bonds is 13. The molecule has 0 atom stereocenters. The molecule has 0 unspecified atom stereocenters. The van der Waals surface area contributed by atoms with Crippen molar-refractivity contribution in [2.75, 3.05) is 0 Å². The third-order valence-corrected chi connectivity index (χ3v) is 29.7. The molecule has 150 heavy (non-hydrogen) atoms. The first kappa shape index (κ1) is 86.3. The molecule has 31 aromatic rings. The summed E-state index contributed by atoms with van der Waals surface area (Å²) >= 11 is 0. The van der Waals surface area contributed by atoms with Gasteiger partial charge in [-0.05, 0) is 159 Å². The average molecular weight is 1910 g/mol. The Morgan fingerprint density at radius 3 is 1.03 bits per heavy atom. The van der Waals surface area contributed by atoms with E-state index in [0.717, 1.165) is 134 Å². The van der Waals surface area contributed by atoms with Gasteiger partial charge in [-0.3, -0.25) is 9.13 Å². The SMILES string of the molecule is c1ccc(-c2cc(-n3c4cc5c(cc4c4c6ccccc6ccc43)c3ccccc3n5-c3ccccc3)cc(-c3ccccc3)n2)cc1.c1ccc(-c2cccc(-n3c4cc5ccccc5cc4c4ccc5c(c6ccccc6n5-c5nc(-c6ccccc6)cc(-c6ccccc6)n5)c43)c2)cc1.c1ccc(-c2nc(-c3ccccc3)nc(-n3c4ccccc4c4ccc5c6c7ccccc7ccc6n(-c6ccccc6)c5c43)n2)cc1. The minimum atomic E-state index is 0.580. The van der Waals surface area contributed by atoms with Crippen LogP contribution in [0, 0.1) is 0 Å². The molecule has 12 nitrogen and oxygen atoms in total. The Labute approximate surface area is 861 Å². The number of para-hydroxylation sites is 5. The summed E-state index contributed by atoms with van der Waals surface area (Å²) in [6.45, 7) is 0. The molecule has 0 fully saturated rings. The summed E-state index contributed by atoms with van der Waals surface area (Å²) in [6, 6.07) is 189. The number of fused-ring (bicyclic) bond motifs is 25. The first-order valence-corrected chi connectivity index (χ1v) is 50.9. The molecule has 0 radical (unpaired) electrons. The molecule has 0 aliphatic heterocycles. The molecule has 9 heterocycles. The van der Waals surface area contributed by atoms with E-state index >= 15 is 0 Å². The Kier molecular flexibility index (Phi) is 20.7. The smallest absolute Gasteiger partial charge is 0.238 e. The fourth-order valence-electron chi connectivity index (χ4n) is 23.0. The van der Waals surface area contributed by atoms with Crippen LogP contribution in [0.5, 0.6) is 0 Å². The minimum Gasteiger partial charge on any atom is -0.309 e. The van der Waals surface area contributed by atoms with Crippen LogP contribution in [0.4, 0.5) is 0 Å². The molecule has 0 saturated heterocycles. The van der Waals surface area contributed by atoms with Crippen LogP contribution < -0.4 is 0 Å². The molecule has 31 rings (SSSR count). The fraction of sp³-hybridized carbons (Fsp3) is 0. The monoisotopic (exact) mass is 1910 g/mol. The third kappa shape index (κ3) is 14.5. The highest BCUT2D eigenvalue weighted by Gasteiger charge is 2.30. The predicted molar refractivity (Wildman–Crippen MR) is 623 cm³/mol. The summed E-state index contributed by atoms with van der Waals surface area (Å²) in [5, 5.41) is 21.8. The second-order valence-electron chi connectivity index (χ2n) is 38.3. The zero-order chi connectivity index (χ0) is 98.8. The van der Waals surface area contributed by atoms with Gasteiger partial charge >= 0.3 is 0 Å². The molecule has 12 heteroatoms. The highest BCUT2D eigenvalue weighted by Crippen LogP contribution is 2.50. The molecule has 700 valence electrons. The molecule has 0 bridgehead atoms. The van der Waals surface area contributed by atoms with Crippen molar-refractivity contribution < 1.29 is 0 Å². The van der Waals surface area contributed by atoms with Crippen molar-refractivity contribution in [3.63, 3.8) is 0 Å². The van der Waals surface area contributed by atoms with Gasteiger partial charge in [-0.2, -0.15) is 9.97 Å². The van der Waals surface area contributed by atoms with Crippen molar-refractivity contribution >= 4 is 163 Å². The van der Waals surface area contributed by atoms with Crippen molar-refractivity contribution in [3.8, 4) is 114 Å². The largest absolute Gasteiger partial charge is 0.309 e. The first-order valence-electron chi connectivity index (χ1n) is 50.9. The van der Waals surface area contributed by atoms with Crippen LogP contribution in [0.15, 0.2) is 534 Å². The molecule has 0 spiro atoms. The van der Waals surface area contributed by atoms with Gasteiger partial charge in [0.1, 0.15) is 0 Å². The van der Waals surface area contributed by atoms with Crippen molar-refractivity contribution in [2.45, 2.75) is 0 Å². The van der Waals surface area contributed by atoms with Gasteiger partial charge in [0, 0.05) is 115 Å². The predicted octanol–water partition coefficient (Wildman–Crippen LogP) is 35.1. The van der Waals surface area contributed by atoms with Crippen LogP contribution in [0.1, 0.15) is 0 Å². The summed E-state index contributed by atoms with van der Waals surface area (Å²) in [5.41, 5.74) is 30.2. The molecule has 0 aliphatic carbocycles. The van der Waals surface area contributed by atoms with Crippen molar-refractivity contribution in [1.82, 2.24) is 57.3 Å². The first-order chi connectivity index (χ1) is 74.4. The maximum atomic E-state index is 5.30. The Hall–Kier alpha value is -20.3. The topological polar surface area (TPSA) is 107 Å².